The van der Waals surface area contributed by atoms with Crippen LogP contribution in [-0.2, 0) is 0 Å². The van der Waals surface area contributed by atoms with Crippen LogP contribution >= 0.6 is 0 Å². The van der Waals surface area contributed by atoms with E-state index in [1.807, 2.05) is 11.0 Å². The Morgan fingerprint density at radius 3 is 2.69 bits per heavy atom. The summed E-state index contributed by atoms with van der Waals surface area (Å²) in [6.07, 6.45) is 2.79. The van der Waals surface area contributed by atoms with Crippen molar-refractivity contribution in [3.05, 3.63) is 18.3 Å². The molecule has 0 radical (unpaired) electrons. The van der Waals surface area contributed by atoms with Crippen LogP contribution in [0.4, 0.5) is 11.5 Å². The predicted molar refractivity (Wildman–Crippen MR) is 62.1 cm³/mol. The molecule has 88 valence electrons. The minimum absolute atomic E-state index is 0.182. The molecule has 0 amide bonds. The molecule has 0 bridgehead atoms. The number of hydrogen-bond acceptors (Lipinski definition) is 5. The average molecular weight is 223 g/mol. The van der Waals surface area contributed by atoms with E-state index in [0.717, 1.165) is 5.82 Å². The first-order valence-corrected chi connectivity index (χ1v) is 5.43. The van der Waals surface area contributed by atoms with Crippen LogP contribution in [0, 0.1) is 0 Å². The summed E-state index contributed by atoms with van der Waals surface area (Å²) >= 11 is 0. The third-order valence-electron chi connectivity index (χ3n) is 3.10. The maximum absolute atomic E-state index is 9.89. The van der Waals surface area contributed by atoms with E-state index >= 15 is 0 Å². The van der Waals surface area contributed by atoms with Crippen LogP contribution in [-0.4, -0.2) is 40.5 Å². The van der Waals surface area contributed by atoms with E-state index in [0.29, 0.717) is 31.6 Å². The highest BCUT2D eigenvalue weighted by atomic mass is 16.3. The summed E-state index contributed by atoms with van der Waals surface area (Å²) < 4.78 is 0. The molecular weight excluding hydrogens is 206 g/mol. The molecule has 1 aliphatic heterocycles. The fourth-order valence-corrected chi connectivity index (χ4v) is 1.97. The Kier molecular flexibility index (Phi) is 2.98. The summed E-state index contributed by atoms with van der Waals surface area (Å²) in [5.41, 5.74) is 5.55. The van der Waals surface area contributed by atoms with Crippen LogP contribution in [0.5, 0.6) is 0 Å². The summed E-state index contributed by atoms with van der Waals surface area (Å²) in [6, 6.07) is 3.61. The van der Waals surface area contributed by atoms with Crippen LogP contribution in [0.2, 0.25) is 0 Å². The number of anilines is 2. The number of nitrogen functional groups attached to an aromatic ring is 1. The summed E-state index contributed by atoms with van der Waals surface area (Å²) in [5, 5.41) is 18.9. The van der Waals surface area contributed by atoms with Crippen LogP contribution in [0.15, 0.2) is 18.3 Å². The molecule has 5 heteroatoms. The van der Waals surface area contributed by atoms with Gasteiger partial charge in [-0.3, -0.25) is 0 Å². The molecule has 0 unspecified atom stereocenters. The smallest absolute Gasteiger partial charge is 0.151 e. The minimum atomic E-state index is -0.931. The van der Waals surface area contributed by atoms with Gasteiger partial charge in [0.05, 0.1) is 17.9 Å². The van der Waals surface area contributed by atoms with E-state index in [1.54, 1.807) is 12.3 Å². The Balaban J connectivity index is 2.07. The highest BCUT2D eigenvalue weighted by molar-refractivity contribution is 5.62. The molecule has 16 heavy (non-hydrogen) atoms. The van der Waals surface area contributed by atoms with Gasteiger partial charge in [0.1, 0.15) is 0 Å². The zero-order valence-corrected chi connectivity index (χ0v) is 9.13. The standard InChI is InChI=1S/C11H17N3O2/c12-9-2-1-5-13-10(9)14-6-3-11(16,8-15)4-7-14/h1-2,5,15-16H,3-4,6-8,12H2. The number of rotatable bonds is 2. The van der Waals surface area contributed by atoms with Crippen molar-refractivity contribution in [2.75, 3.05) is 30.3 Å². The van der Waals surface area contributed by atoms with Crippen LogP contribution < -0.4 is 10.6 Å². The van der Waals surface area contributed by atoms with Gasteiger partial charge in [-0.2, -0.15) is 0 Å². The summed E-state index contributed by atoms with van der Waals surface area (Å²) in [6.45, 7) is 1.15. The first-order valence-electron chi connectivity index (χ1n) is 5.43. The van der Waals surface area contributed by atoms with Crippen molar-refractivity contribution >= 4 is 11.5 Å². The number of nitrogens with two attached hydrogens (primary N) is 1. The number of piperidine rings is 1. The van der Waals surface area contributed by atoms with Gasteiger partial charge in [-0.05, 0) is 25.0 Å². The maximum Gasteiger partial charge on any atom is 0.151 e. The Bertz CT molecular complexity index is 362. The topological polar surface area (TPSA) is 82.6 Å². The third-order valence-corrected chi connectivity index (χ3v) is 3.10. The Labute approximate surface area is 94.5 Å². The lowest BCUT2D eigenvalue weighted by Crippen LogP contribution is -2.47. The lowest BCUT2D eigenvalue weighted by molar-refractivity contribution is -0.0326. The van der Waals surface area contributed by atoms with E-state index in [1.165, 1.54) is 0 Å². The van der Waals surface area contributed by atoms with Crippen LogP contribution in [0.3, 0.4) is 0 Å². The van der Waals surface area contributed by atoms with Crippen molar-refractivity contribution in [3.8, 4) is 0 Å². The Morgan fingerprint density at radius 1 is 1.44 bits per heavy atom. The fourth-order valence-electron chi connectivity index (χ4n) is 1.97. The van der Waals surface area contributed by atoms with E-state index in [9.17, 15) is 5.11 Å². The van der Waals surface area contributed by atoms with Crippen molar-refractivity contribution in [3.63, 3.8) is 0 Å². The largest absolute Gasteiger partial charge is 0.396 e. The summed E-state index contributed by atoms with van der Waals surface area (Å²) in [7, 11) is 0. The second kappa shape index (κ2) is 4.27. The third kappa shape index (κ3) is 2.10. The molecule has 2 rings (SSSR count). The molecule has 2 heterocycles. The number of aromatic nitrogens is 1. The second-order valence-electron chi connectivity index (χ2n) is 4.29. The molecule has 0 atom stereocenters. The molecule has 1 saturated heterocycles. The fraction of sp³-hybridized carbons (Fsp3) is 0.545. The zero-order valence-electron chi connectivity index (χ0n) is 9.13. The maximum atomic E-state index is 9.89. The molecule has 0 spiro atoms. The monoisotopic (exact) mass is 223 g/mol. The van der Waals surface area contributed by atoms with Gasteiger partial charge in [0.15, 0.2) is 5.82 Å². The molecule has 1 fully saturated rings. The van der Waals surface area contributed by atoms with Gasteiger partial charge >= 0.3 is 0 Å². The van der Waals surface area contributed by atoms with E-state index < -0.39 is 5.60 Å². The SMILES string of the molecule is Nc1cccnc1N1CCC(O)(CO)CC1. The normalized spacial score (nSPS) is 19.8. The van der Waals surface area contributed by atoms with E-state index in [2.05, 4.69) is 4.98 Å². The van der Waals surface area contributed by atoms with Crippen molar-refractivity contribution in [1.29, 1.82) is 0 Å². The van der Waals surface area contributed by atoms with Crippen LogP contribution in [0.1, 0.15) is 12.8 Å². The predicted octanol–water partition coefficient (Wildman–Crippen LogP) is -0.0126. The average Bonchev–Trinajstić information content (AvgIpc) is 2.31. The molecular formula is C11H17N3O2. The van der Waals surface area contributed by atoms with Crippen molar-refractivity contribution < 1.29 is 10.2 Å². The van der Waals surface area contributed by atoms with Gasteiger partial charge in [0, 0.05) is 19.3 Å². The van der Waals surface area contributed by atoms with E-state index in [-0.39, 0.29) is 6.61 Å². The quantitative estimate of drug-likeness (QED) is 0.656. The zero-order chi connectivity index (χ0) is 11.6. The molecule has 5 nitrogen and oxygen atoms in total. The number of aliphatic hydroxyl groups is 2. The molecule has 0 saturated carbocycles. The lowest BCUT2D eigenvalue weighted by Gasteiger charge is -2.37. The highest BCUT2D eigenvalue weighted by Gasteiger charge is 2.32. The van der Waals surface area contributed by atoms with Gasteiger partial charge < -0.3 is 20.8 Å². The van der Waals surface area contributed by atoms with Gasteiger partial charge in [0.2, 0.25) is 0 Å². The van der Waals surface area contributed by atoms with Gasteiger partial charge in [0.25, 0.3) is 0 Å². The molecule has 0 aromatic carbocycles. The second-order valence-corrected chi connectivity index (χ2v) is 4.29. The highest BCUT2D eigenvalue weighted by Crippen LogP contribution is 2.27. The number of hydrogen-bond donors (Lipinski definition) is 3. The number of aliphatic hydroxyl groups excluding tert-OH is 1. The summed E-state index contributed by atoms with van der Waals surface area (Å²) in [4.78, 5) is 6.27. The Morgan fingerprint density at radius 2 is 2.12 bits per heavy atom. The molecule has 0 aliphatic carbocycles. The van der Waals surface area contributed by atoms with Gasteiger partial charge in [-0.1, -0.05) is 0 Å². The van der Waals surface area contributed by atoms with Crippen molar-refractivity contribution in [2.24, 2.45) is 0 Å². The first kappa shape index (κ1) is 11.2. The van der Waals surface area contributed by atoms with E-state index in [4.69, 9.17) is 10.8 Å². The molecule has 1 aromatic rings. The number of pyridine rings is 1. The van der Waals surface area contributed by atoms with Gasteiger partial charge in [-0.15, -0.1) is 0 Å². The first-order chi connectivity index (χ1) is 7.64. The van der Waals surface area contributed by atoms with Crippen molar-refractivity contribution in [1.82, 2.24) is 4.98 Å². The lowest BCUT2D eigenvalue weighted by atomic mass is 9.92. The minimum Gasteiger partial charge on any atom is -0.396 e. The van der Waals surface area contributed by atoms with Crippen LogP contribution in [0.25, 0.3) is 0 Å². The molecule has 1 aliphatic rings. The van der Waals surface area contributed by atoms with Crippen molar-refractivity contribution in [2.45, 2.75) is 18.4 Å². The molecule has 1 aromatic heterocycles. The number of nitrogens with zero attached hydrogens (tertiary/aromatic N) is 2. The molecule has 4 N–H and O–H groups in total. The van der Waals surface area contributed by atoms with Gasteiger partial charge in [-0.25, -0.2) is 4.98 Å². The summed E-state index contributed by atoms with van der Waals surface area (Å²) in [5.74, 6) is 0.766. The Hall–Kier alpha value is -1.33.